The van der Waals surface area contributed by atoms with Gasteiger partial charge in [-0.15, -0.1) is 0 Å². The summed E-state index contributed by atoms with van der Waals surface area (Å²) >= 11 is 0. The zero-order valence-corrected chi connectivity index (χ0v) is 12.3. The van der Waals surface area contributed by atoms with E-state index in [-0.39, 0.29) is 0 Å². The Morgan fingerprint density at radius 3 is 2.87 bits per heavy atom. The molecule has 8 nitrogen and oxygen atoms in total. The molecular formula is C15H16N4O4. The quantitative estimate of drug-likeness (QED) is 0.742. The van der Waals surface area contributed by atoms with Gasteiger partial charge in [-0.3, -0.25) is 9.59 Å². The molecule has 0 bridgehead atoms. The third kappa shape index (κ3) is 3.31. The van der Waals surface area contributed by atoms with E-state index in [2.05, 4.69) is 15.4 Å². The SMILES string of the molecule is O=C(O)C1(C(=O)Nc2cccc(OCCn3cncn3)c2)CC1. The van der Waals surface area contributed by atoms with Crippen molar-refractivity contribution in [3.63, 3.8) is 0 Å². The fraction of sp³-hybridized carbons (Fsp3) is 0.333. The van der Waals surface area contributed by atoms with Gasteiger partial charge in [0, 0.05) is 11.8 Å². The maximum atomic E-state index is 12.1. The summed E-state index contributed by atoms with van der Waals surface area (Å²) in [7, 11) is 0. The normalized spacial score (nSPS) is 15.0. The van der Waals surface area contributed by atoms with Crippen molar-refractivity contribution in [3.8, 4) is 5.75 Å². The minimum atomic E-state index is -1.26. The van der Waals surface area contributed by atoms with Crippen molar-refractivity contribution in [1.82, 2.24) is 14.8 Å². The van der Waals surface area contributed by atoms with E-state index in [1.54, 1.807) is 35.3 Å². The van der Waals surface area contributed by atoms with E-state index in [1.165, 1.54) is 6.33 Å². The molecule has 0 saturated heterocycles. The lowest BCUT2D eigenvalue weighted by Gasteiger charge is -2.12. The second-order valence-corrected chi connectivity index (χ2v) is 5.38. The zero-order chi connectivity index (χ0) is 16.3. The molecule has 1 aliphatic rings. The van der Waals surface area contributed by atoms with E-state index in [0.717, 1.165) is 0 Å². The van der Waals surface area contributed by atoms with Crippen molar-refractivity contribution in [3.05, 3.63) is 36.9 Å². The van der Waals surface area contributed by atoms with Gasteiger partial charge in [-0.2, -0.15) is 5.10 Å². The van der Waals surface area contributed by atoms with Crippen LogP contribution in [0.2, 0.25) is 0 Å². The lowest BCUT2D eigenvalue weighted by atomic mass is 10.1. The molecule has 0 atom stereocenters. The molecule has 1 amide bonds. The number of ether oxygens (including phenoxy) is 1. The van der Waals surface area contributed by atoms with Crippen molar-refractivity contribution >= 4 is 17.6 Å². The van der Waals surface area contributed by atoms with Crippen molar-refractivity contribution in [1.29, 1.82) is 0 Å². The number of carbonyl (C=O) groups excluding carboxylic acids is 1. The molecule has 120 valence electrons. The standard InChI is InChI=1S/C15H16N4O4/c20-13(15(4-5-15)14(21)22)18-11-2-1-3-12(8-11)23-7-6-19-10-16-9-17-19/h1-3,8-10H,4-7H2,(H,18,20)(H,21,22). The third-order valence-electron chi connectivity index (χ3n) is 3.74. The van der Waals surface area contributed by atoms with Crippen LogP contribution in [-0.2, 0) is 16.1 Å². The van der Waals surface area contributed by atoms with Crippen molar-refractivity contribution < 1.29 is 19.4 Å². The highest BCUT2D eigenvalue weighted by molar-refractivity contribution is 6.10. The summed E-state index contributed by atoms with van der Waals surface area (Å²) in [6, 6.07) is 6.86. The summed E-state index contributed by atoms with van der Waals surface area (Å²) in [6.07, 6.45) is 3.80. The van der Waals surface area contributed by atoms with E-state index >= 15 is 0 Å². The smallest absolute Gasteiger partial charge is 0.319 e. The van der Waals surface area contributed by atoms with Crippen LogP contribution in [0.5, 0.6) is 5.75 Å². The minimum absolute atomic E-state index is 0.377. The van der Waals surface area contributed by atoms with E-state index in [9.17, 15) is 9.59 Å². The van der Waals surface area contributed by atoms with Crippen LogP contribution in [0.4, 0.5) is 5.69 Å². The molecule has 1 heterocycles. The van der Waals surface area contributed by atoms with E-state index in [0.29, 0.717) is 37.4 Å². The molecule has 3 rings (SSSR count). The molecule has 1 fully saturated rings. The second kappa shape index (κ2) is 6.07. The van der Waals surface area contributed by atoms with Gasteiger partial charge in [-0.25, -0.2) is 9.67 Å². The highest BCUT2D eigenvalue weighted by Crippen LogP contribution is 2.46. The maximum absolute atomic E-state index is 12.1. The van der Waals surface area contributed by atoms with Crippen molar-refractivity contribution in [2.45, 2.75) is 19.4 Å². The topological polar surface area (TPSA) is 106 Å². The van der Waals surface area contributed by atoms with Crippen LogP contribution in [0.3, 0.4) is 0 Å². The number of aromatic nitrogens is 3. The predicted octanol–water partition coefficient (Wildman–Crippen LogP) is 1.16. The number of nitrogens with one attached hydrogen (secondary N) is 1. The van der Waals surface area contributed by atoms with Crippen LogP contribution in [0.1, 0.15) is 12.8 Å². The number of benzene rings is 1. The highest BCUT2D eigenvalue weighted by Gasteiger charge is 2.57. The summed E-state index contributed by atoms with van der Waals surface area (Å²) in [6.45, 7) is 0.957. The van der Waals surface area contributed by atoms with Gasteiger partial charge in [0.25, 0.3) is 0 Å². The molecule has 23 heavy (non-hydrogen) atoms. The van der Waals surface area contributed by atoms with Crippen LogP contribution in [0.25, 0.3) is 0 Å². The van der Waals surface area contributed by atoms with Gasteiger partial charge in [0.05, 0.1) is 6.54 Å². The molecule has 2 aromatic rings. The Morgan fingerprint density at radius 1 is 1.39 bits per heavy atom. The Hall–Kier alpha value is -2.90. The Balaban J connectivity index is 1.57. The first-order valence-electron chi connectivity index (χ1n) is 7.20. The molecule has 0 radical (unpaired) electrons. The molecule has 1 aliphatic carbocycles. The molecule has 1 aromatic carbocycles. The summed E-state index contributed by atoms with van der Waals surface area (Å²) in [5, 5.41) is 15.7. The number of hydrogen-bond donors (Lipinski definition) is 2. The fourth-order valence-corrected chi connectivity index (χ4v) is 2.18. The molecule has 0 unspecified atom stereocenters. The molecule has 1 saturated carbocycles. The number of nitrogens with zero attached hydrogens (tertiary/aromatic N) is 3. The summed E-state index contributed by atoms with van der Waals surface area (Å²) in [5.41, 5.74) is -0.745. The van der Waals surface area contributed by atoms with Crippen LogP contribution in [0, 0.1) is 5.41 Å². The van der Waals surface area contributed by atoms with E-state index in [1.807, 2.05) is 0 Å². The first-order chi connectivity index (χ1) is 11.1. The number of amides is 1. The predicted molar refractivity (Wildman–Crippen MR) is 79.9 cm³/mol. The Kier molecular flexibility index (Phi) is 3.96. The number of carboxylic acid groups (broad SMARTS) is 1. The monoisotopic (exact) mass is 316 g/mol. The molecule has 8 heteroatoms. The second-order valence-electron chi connectivity index (χ2n) is 5.38. The van der Waals surface area contributed by atoms with E-state index in [4.69, 9.17) is 9.84 Å². The Bertz CT molecular complexity index is 710. The third-order valence-corrected chi connectivity index (χ3v) is 3.74. The average Bonchev–Trinajstić information content (AvgIpc) is 3.20. The fourth-order valence-electron chi connectivity index (χ4n) is 2.18. The molecule has 0 spiro atoms. The molecule has 0 aliphatic heterocycles. The van der Waals surface area contributed by atoms with Crippen molar-refractivity contribution in [2.75, 3.05) is 11.9 Å². The lowest BCUT2D eigenvalue weighted by Crippen LogP contribution is -2.31. The largest absolute Gasteiger partial charge is 0.492 e. The summed E-state index contributed by atoms with van der Waals surface area (Å²) in [4.78, 5) is 27.0. The summed E-state index contributed by atoms with van der Waals surface area (Å²) < 4.78 is 7.24. The average molecular weight is 316 g/mol. The lowest BCUT2D eigenvalue weighted by molar-refractivity contribution is -0.147. The van der Waals surface area contributed by atoms with Gasteiger partial charge in [0.2, 0.25) is 5.91 Å². The number of carboxylic acids is 1. The molecule has 2 N–H and O–H groups in total. The van der Waals surface area contributed by atoms with Gasteiger partial charge in [-0.1, -0.05) is 6.07 Å². The Morgan fingerprint density at radius 2 is 2.22 bits per heavy atom. The van der Waals surface area contributed by atoms with Crippen LogP contribution in [0.15, 0.2) is 36.9 Å². The van der Waals surface area contributed by atoms with Crippen LogP contribution >= 0.6 is 0 Å². The minimum Gasteiger partial charge on any atom is -0.492 e. The highest BCUT2D eigenvalue weighted by atomic mass is 16.5. The number of rotatable bonds is 7. The van der Waals surface area contributed by atoms with Crippen LogP contribution in [-0.4, -0.2) is 38.4 Å². The number of carbonyl (C=O) groups is 2. The Labute approximate surface area is 132 Å². The van der Waals surface area contributed by atoms with Gasteiger partial charge < -0.3 is 15.2 Å². The first kappa shape index (κ1) is 15.0. The molecular weight excluding hydrogens is 300 g/mol. The zero-order valence-electron chi connectivity index (χ0n) is 12.3. The number of hydrogen-bond acceptors (Lipinski definition) is 5. The number of aliphatic carboxylic acids is 1. The van der Waals surface area contributed by atoms with Gasteiger partial charge >= 0.3 is 5.97 Å². The number of anilines is 1. The molecule has 1 aromatic heterocycles. The van der Waals surface area contributed by atoms with Gasteiger partial charge in [0.1, 0.15) is 30.4 Å². The van der Waals surface area contributed by atoms with Gasteiger partial charge in [0.15, 0.2) is 0 Å². The van der Waals surface area contributed by atoms with Crippen molar-refractivity contribution in [2.24, 2.45) is 5.41 Å². The van der Waals surface area contributed by atoms with Gasteiger partial charge in [-0.05, 0) is 25.0 Å². The van der Waals surface area contributed by atoms with Crippen LogP contribution < -0.4 is 10.1 Å². The summed E-state index contributed by atoms with van der Waals surface area (Å²) in [5.74, 6) is -0.969. The maximum Gasteiger partial charge on any atom is 0.319 e. The first-order valence-corrected chi connectivity index (χ1v) is 7.20. The van der Waals surface area contributed by atoms with E-state index < -0.39 is 17.3 Å².